The van der Waals surface area contributed by atoms with Crippen LogP contribution >= 0.6 is 0 Å². The fourth-order valence-corrected chi connectivity index (χ4v) is 3.82. The van der Waals surface area contributed by atoms with Crippen molar-refractivity contribution in [3.63, 3.8) is 0 Å². The molecule has 0 aliphatic carbocycles. The lowest BCUT2D eigenvalue weighted by atomic mass is 10.0. The van der Waals surface area contributed by atoms with Gasteiger partial charge in [-0.05, 0) is 29.8 Å². The zero-order valence-corrected chi connectivity index (χ0v) is 16.1. The first-order chi connectivity index (χ1) is 13.0. The quantitative estimate of drug-likeness (QED) is 0.521. The van der Waals surface area contributed by atoms with E-state index in [1.165, 1.54) is 26.4 Å². The largest absolute Gasteiger partial charge is 0.497 e. The predicted molar refractivity (Wildman–Crippen MR) is 106 cm³/mol. The molecule has 0 atom stereocenters. The Labute approximate surface area is 158 Å². The summed E-state index contributed by atoms with van der Waals surface area (Å²) < 4.78 is 35.7. The second kappa shape index (κ2) is 7.67. The summed E-state index contributed by atoms with van der Waals surface area (Å²) in [4.78, 5) is 2.25. The van der Waals surface area contributed by atoms with Gasteiger partial charge in [-0.15, -0.1) is 0 Å². The van der Waals surface area contributed by atoms with E-state index in [1.807, 2.05) is 42.5 Å². The van der Waals surface area contributed by atoms with Crippen LogP contribution in [0.15, 0.2) is 70.7 Å². The lowest BCUT2D eigenvalue weighted by molar-refractivity contribution is 0.392. The van der Waals surface area contributed by atoms with E-state index >= 15 is 0 Å². The van der Waals surface area contributed by atoms with E-state index < -0.39 is 10.0 Å². The Morgan fingerprint density at radius 1 is 0.963 bits per heavy atom. The molecule has 0 aliphatic rings. The maximum absolute atomic E-state index is 12.7. The van der Waals surface area contributed by atoms with Crippen molar-refractivity contribution in [2.75, 3.05) is 14.2 Å². The van der Waals surface area contributed by atoms with Crippen molar-refractivity contribution in [1.82, 2.24) is 4.83 Å². The first-order valence-corrected chi connectivity index (χ1v) is 9.71. The van der Waals surface area contributed by atoms with Gasteiger partial charge in [-0.3, -0.25) is 0 Å². The molecule has 0 bridgehead atoms. The lowest BCUT2D eigenvalue weighted by Gasteiger charge is -2.11. The Morgan fingerprint density at radius 2 is 1.70 bits per heavy atom. The van der Waals surface area contributed by atoms with Crippen LogP contribution in [0.3, 0.4) is 0 Å². The fraction of sp³-hybridized carbons (Fsp3) is 0.150. The number of methoxy groups -OCH3 is 2. The monoisotopic (exact) mass is 384 g/mol. The molecule has 7 heteroatoms. The molecule has 140 valence electrons. The summed E-state index contributed by atoms with van der Waals surface area (Å²) in [6.07, 6.45) is 0. The molecule has 1 N–H and O–H groups in total. The molecule has 0 heterocycles. The number of fused-ring (bicyclic) bond motifs is 1. The van der Waals surface area contributed by atoms with Crippen LogP contribution in [0.25, 0.3) is 10.8 Å². The van der Waals surface area contributed by atoms with Gasteiger partial charge in [-0.2, -0.15) is 18.4 Å². The normalized spacial score (nSPS) is 12.0. The van der Waals surface area contributed by atoms with Crippen LogP contribution in [-0.2, 0) is 10.0 Å². The van der Waals surface area contributed by atoms with E-state index in [0.29, 0.717) is 11.5 Å². The minimum atomic E-state index is -3.93. The Kier molecular flexibility index (Phi) is 5.32. The minimum Gasteiger partial charge on any atom is -0.497 e. The molecule has 0 amide bonds. The van der Waals surface area contributed by atoms with Gasteiger partial charge in [-0.1, -0.05) is 42.5 Å². The Morgan fingerprint density at radius 3 is 2.44 bits per heavy atom. The highest BCUT2D eigenvalue weighted by molar-refractivity contribution is 7.89. The van der Waals surface area contributed by atoms with Gasteiger partial charge in [-0.25, -0.2) is 0 Å². The van der Waals surface area contributed by atoms with Crippen molar-refractivity contribution in [2.45, 2.75) is 11.8 Å². The van der Waals surface area contributed by atoms with Gasteiger partial charge in [0.1, 0.15) is 16.4 Å². The number of sulfonamides is 1. The average Bonchev–Trinajstić information content (AvgIpc) is 2.71. The highest BCUT2D eigenvalue weighted by atomic mass is 32.2. The maximum Gasteiger partial charge on any atom is 0.280 e. The number of hydrogen-bond acceptors (Lipinski definition) is 5. The molecule has 27 heavy (non-hydrogen) atoms. The molecule has 0 saturated heterocycles. The van der Waals surface area contributed by atoms with E-state index in [9.17, 15) is 8.42 Å². The molecule has 3 rings (SSSR count). The summed E-state index contributed by atoms with van der Waals surface area (Å²) in [5.41, 5.74) is 1.41. The van der Waals surface area contributed by atoms with Crippen molar-refractivity contribution in [3.8, 4) is 11.5 Å². The van der Waals surface area contributed by atoms with Crippen molar-refractivity contribution in [2.24, 2.45) is 5.10 Å². The van der Waals surface area contributed by atoms with Crippen molar-refractivity contribution in [3.05, 3.63) is 66.2 Å². The predicted octanol–water partition coefficient (Wildman–Crippen LogP) is 3.56. The van der Waals surface area contributed by atoms with Gasteiger partial charge < -0.3 is 9.47 Å². The first kappa shape index (κ1) is 18.7. The molecule has 0 unspecified atom stereocenters. The topological polar surface area (TPSA) is 77.0 Å². The van der Waals surface area contributed by atoms with Gasteiger partial charge in [0.05, 0.1) is 19.9 Å². The average molecular weight is 384 g/mol. The second-order valence-electron chi connectivity index (χ2n) is 5.84. The smallest absolute Gasteiger partial charge is 0.280 e. The number of nitrogens with zero attached hydrogens (tertiary/aromatic N) is 1. The van der Waals surface area contributed by atoms with Gasteiger partial charge in [0.2, 0.25) is 0 Å². The first-order valence-electron chi connectivity index (χ1n) is 8.22. The number of benzene rings is 3. The van der Waals surface area contributed by atoms with Crippen molar-refractivity contribution < 1.29 is 17.9 Å². The highest BCUT2D eigenvalue weighted by Gasteiger charge is 2.20. The fourth-order valence-electron chi connectivity index (χ4n) is 2.77. The molecule has 0 saturated carbocycles. The molecule has 3 aromatic carbocycles. The van der Waals surface area contributed by atoms with Crippen LogP contribution in [0.5, 0.6) is 11.5 Å². The number of ether oxygens (including phenoxy) is 2. The summed E-state index contributed by atoms with van der Waals surface area (Å²) in [7, 11) is -1.06. The van der Waals surface area contributed by atoms with Crippen molar-refractivity contribution >= 4 is 26.5 Å². The van der Waals surface area contributed by atoms with Crippen LogP contribution in [0, 0.1) is 0 Å². The molecule has 0 spiro atoms. The number of hydrazone groups is 1. The Balaban J connectivity index is 1.97. The third kappa shape index (κ3) is 3.88. The van der Waals surface area contributed by atoms with Crippen LogP contribution < -0.4 is 14.3 Å². The maximum atomic E-state index is 12.7. The molecule has 6 nitrogen and oxygen atoms in total. The van der Waals surface area contributed by atoms with Gasteiger partial charge in [0.25, 0.3) is 10.0 Å². The second-order valence-corrected chi connectivity index (χ2v) is 7.46. The van der Waals surface area contributed by atoms with Crippen LogP contribution in [0.1, 0.15) is 12.5 Å². The third-order valence-corrected chi connectivity index (χ3v) is 5.40. The van der Waals surface area contributed by atoms with Crippen LogP contribution in [0.4, 0.5) is 0 Å². The van der Waals surface area contributed by atoms with Gasteiger partial charge in [0.15, 0.2) is 0 Å². The molecule has 0 aromatic heterocycles. The van der Waals surface area contributed by atoms with E-state index in [-0.39, 0.29) is 10.6 Å². The SMILES string of the molecule is COc1ccc(OC)c(S(=O)(=O)NN=C(C)c2cccc3ccccc23)c1. The molecule has 0 aliphatic heterocycles. The van der Waals surface area contributed by atoms with E-state index in [0.717, 1.165) is 16.3 Å². The molecule has 0 radical (unpaired) electrons. The summed E-state index contributed by atoms with van der Waals surface area (Å²) in [6, 6.07) is 18.2. The zero-order valence-electron chi connectivity index (χ0n) is 15.3. The standard InChI is InChI=1S/C20H20N2O4S/c1-14(17-10-6-8-15-7-4-5-9-18(15)17)21-22-27(23,24)20-13-16(25-2)11-12-19(20)26-3/h4-13,22H,1-3H3. The lowest BCUT2D eigenvalue weighted by Crippen LogP contribution is -2.20. The van der Waals surface area contributed by atoms with E-state index in [2.05, 4.69) is 9.93 Å². The summed E-state index contributed by atoms with van der Waals surface area (Å²) in [5, 5.41) is 6.16. The molecule has 0 fully saturated rings. The summed E-state index contributed by atoms with van der Waals surface area (Å²) in [6.45, 7) is 1.76. The molecular formula is C20H20N2O4S. The van der Waals surface area contributed by atoms with Crippen molar-refractivity contribution in [1.29, 1.82) is 0 Å². The van der Waals surface area contributed by atoms with Gasteiger partial charge in [0, 0.05) is 11.6 Å². The third-order valence-electron chi connectivity index (χ3n) is 4.17. The zero-order chi connectivity index (χ0) is 19.4. The number of nitrogens with one attached hydrogen (secondary N) is 1. The van der Waals surface area contributed by atoms with Gasteiger partial charge >= 0.3 is 0 Å². The summed E-state index contributed by atoms with van der Waals surface area (Å²) >= 11 is 0. The molecular weight excluding hydrogens is 364 g/mol. The van der Waals surface area contributed by atoms with Crippen LogP contribution in [-0.4, -0.2) is 28.3 Å². The van der Waals surface area contributed by atoms with E-state index in [1.54, 1.807) is 13.0 Å². The minimum absolute atomic E-state index is 0.0428. The summed E-state index contributed by atoms with van der Waals surface area (Å²) in [5.74, 6) is 0.618. The van der Waals surface area contributed by atoms with E-state index in [4.69, 9.17) is 9.47 Å². The van der Waals surface area contributed by atoms with Crippen LogP contribution in [0.2, 0.25) is 0 Å². The molecule has 3 aromatic rings. The number of rotatable bonds is 6. The Bertz CT molecular complexity index is 1100. The highest BCUT2D eigenvalue weighted by Crippen LogP contribution is 2.28. The number of hydrogen-bond donors (Lipinski definition) is 1. The Hall–Kier alpha value is -3.06.